The number of pyridine rings is 1. The lowest BCUT2D eigenvalue weighted by atomic mass is 9.83. The Morgan fingerprint density at radius 3 is 2.53 bits per heavy atom. The molecule has 1 aliphatic heterocycles. The molecule has 6 nitrogen and oxygen atoms in total. The molecule has 1 aromatic heterocycles. The highest BCUT2D eigenvalue weighted by molar-refractivity contribution is 5.61. The van der Waals surface area contributed by atoms with Crippen molar-refractivity contribution in [3.63, 3.8) is 0 Å². The Morgan fingerprint density at radius 1 is 1.37 bits per heavy atom. The quantitative estimate of drug-likeness (QED) is 0.671. The number of aromatic nitrogens is 1. The van der Waals surface area contributed by atoms with Gasteiger partial charge in [-0.1, -0.05) is 13.8 Å². The minimum Gasteiger partial charge on any atom is -0.373 e. The monoisotopic (exact) mass is 264 g/mol. The minimum atomic E-state index is -0.360. The number of rotatable bonds is 3. The van der Waals surface area contributed by atoms with Gasteiger partial charge in [-0.05, 0) is 24.3 Å². The minimum absolute atomic E-state index is 0.0821. The van der Waals surface area contributed by atoms with Crippen molar-refractivity contribution >= 4 is 17.3 Å². The lowest BCUT2D eigenvalue weighted by Gasteiger charge is -2.37. The molecule has 104 valence electrons. The van der Waals surface area contributed by atoms with Crippen molar-refractivity contribution in [3.05, 3.63) is 22.2 Å². The summed E-state index contributed by atoms with van der Waals surface area (Å²) >= 11 is 0. The molecule has 19 heavy (non-hydrogen) atoms. The van der Waals surface area contributed by atoms with Crippen LogP contribution in [0.5, 0.6) is 0 Å². The maximum absolute atomic E-state index is 11.1. The summed E-state index contributed by atoms with van der Waals surface area (Å²) in [5.41, 5.74) is 0.394. The van der Waals surface area contributed by atoms with Crippen LogP contribution in [0.4, 0.5) is 17.3 Å². The van der Waals surface area contributed by atoms with Gasteiger partial charge in [-0.2, -0.15) is 0 Å². The Kier molecular flexibility index (Phi) is 3.59. The summed E-state index contributed by atoms with van der Waals surface area (Å²) in [7, 11) is 1.76. The summed E-state index contributed by atoms with van der Waals surface area (Å²) in [4.78, 5) is 17.1. The van der Waals surface area contributed by atoms with Crippen molar-refractivity contribution < 1.29 is 4.92 Å². The van der Waals surface area contributed by atoms with Crippen molar-refractivity contribution in [1.82, 2.24) is 4.98 Å². The van der Waals surface area contributed by atoms with Gasteiger partial charge in [0.05, 0.1) is 4.92 Å². The first kappa shape index (κ1) is 13.6. The van der Waals surface area contributed by atoms with Crippen LogP contribution < -0.4 is 10.2 Å². The van der Waals surface area contributed by atoms with Gasteiger partial charge in [0, 0.05) is 26.2 Å². The van der Waals surface area contributed by atoms with Gasteiger partial charge in [-0.3, -0.25) is 10.1 Å². The van der Waals surface area contributed by atoms with Gasteiger partial charge < -0.3 is 10.2 Å². The third-order valence-electron chi connectivity index (χ3n) is 3.72. The third kappa shape index (κ3) is 2.94. The zero-order valence-corrected chi connectivity index (χ0v) is 11.6. The molecule has 0 atom stereocenters. The van der Waals surface area contributed by atoms with E-state index in [9.17, 15) is 10.1 Å². The smallest absolute Gasteiger partial charge is 0.311 e. The van der Waals surface area contributed by atoms with E-state index in [0.717, 1.165) is 25.9 Å². The molecule has 1 fully saturated rings. The van der Waals surface area contributed by atoms with E-state index < -0.39 is 0 Å². The van der Waals surface area contributed by atoms with E-state index in [4.69, 9.17) is 0 Å². The molecule has 1 N–H and O–H groups in total. The van der Waals surface area contributed by atoms with Crippen LogP contribution in [0.15, 0.2) is 12.1 Å². The van der Waals surface area contributed by atoms with Gasteiger partial charge in [0.25, 0.3) is 0 Å². The summed E-state index contributed by atoms with van der Waals surface area (Å²) in [5.74, 6) is 1.14. The van der Waals surface area contributed by atoms with E-state index in [1.165, 1.54) is 6.07 Å². The van der Waals surface area contributed by atoms with Gasteiger partial charge >= 0.3 is 5.69 Å². The standard InChI is InChI=1S/C13H20N4O2/c1-13(2)6-8-16(9-7-13)12-10(17(18)19)4-5-11(14-3)15-12/h4-5H,6-9H2,1-3H3,(H,14,15). The summed E-state index contributed by atoms with van der Waals surface area (Å²) in [6.45, 7) is 6.09. The second-order valence-corrected chi connectivity index (χ2v) is 5.70. The van der Waals surface area contributed by atoms with Gasteiger partial charge in [0.1, 0.15) is 5.82 Å². The van der Waals surface area contributed by atoms with E-state index in [0.29, 0.717) is 17.1 Å². The molecule has 1 saturated heterocycles. The molecule has 0 saturated carbocycles. The van der Waals surface area contributed by atoms with E-state index in [1.54, 1.807) is 13.1 Å². The van der Waals surface area contributed by atoms with E-state index >= 15 is 0 Å². The van der Waals surface area contributed by atoms with Gasteiger partial charge in [-0.15, -0.1) is 0 Å². The Morgan fingerprint density at radius 2 is 2.00 bits per heavy atom. The Bertz CT molecular complexity index is 478. The molecule has 0 radical (unpaired) electrons. The number of piperidine rings is 1. The van der Waals surface area contributed by atoms with E-state index in [2.05, 4.69) is 24.1 Å². The van der Waals surface area contributed by atoms with Gasteiger partial charge in [-0.25, -0.2) is 4.98 Å². The summed E-state index contributed by atoms with van der Waals surface area (Å²) in [6, 6.07) is 3.16. The number of hydrogen-bond donors (Lipinski definition) is 1. The number of nitro groups is 1. The van der Waals surface area contributed by atoms with Crippen LogP contribution in [-0.2, 0) is 0 Å². The Hall–Kier alpha value is -1.85. The van der Waals surface area contributed by atoms with Crippen molar-refractivity contribution in [2.45, 2.75) is 26.7 Å². The van der Waals surface area contributed by atoms with Crippen molar-refractivity contribution in [3.8, 4) is 0 Å². The first-order valence-electron chi connectivity index (χ1n) is 6.51. The van der Waals surface area contributed by atoms with Crippen LogP contribution in [-0.4, -0.2) is 30.0 Å². The topological polar surface area (TPSA) is 71.3 Å². The highest BCUT2D eigenvalue weighted by Gasteiger charge is 2.29. The predicted octanol–water partition coefficient (Wildman–Crippen LogP) is 2.66. The van der Waals surface area contributed by atoms with E-state index in [-0.39, 0.29) is 10.6 Å². The molecule has 6 heteroatoms. The van der Waals surface area contributed by atoms with E-state index in [1.807, 2.05) is 4.90 Å². The molecule has 1 aromatic rings. The normalized spacial score (nSPS) is 18.2. The molecule has 0 spiro atoms. The molecular weight excluding hydrogens is 244 g/mol. The first-order chi connectivity index (χ1) is 8.93. The van der Waals surface area contributed by atoms with Crippen LogP contribution in [0.3, 0.4) is 0 Å². The molecular formula is C13H20N4O2. The molecule has 1 aliphatic rings. The molecule has 0 unspecified atom stereocenters. The molecule has 0 aromatic carbocycles. The fraction of sp³-hybridized carbons (Fsp3) is 0.615. The third-order valence-corrected chi connectivity index (χ3v) is 3.72. The molecule has 2 rings (SSSR count). The fourth-order valence-electron chi connectivity index (χ4n) is 2.28. The molecule has 0 aliphatic carbocycles. The number of hydrogen-bond acceptors (Lipinski definition) is 5. The maximum Gasteiger partial charge on any atom is 0.311 e. The lowest BCUT2D eigenvalue weighted by molar-refractivity contribution is -0.384. The summed E-state index contributed by atoms with van der Waals surface area (Å²) < 4.78 is 0. The fourth-order valence-corrected chi connectivity index (χ4v) is 2.28. The Balaban J connectivity index is 2.30. The lowest BCUT2D eigenvalue weighted by Crippen LogP contribution is -2.38. The Labute approximate surface area is 113 Å². The van der Waals surface area contributed by atoms with Gasteiger partial charge in [0.2, 0.25) is 5.82 Å². The van der Waals surface area contributed by atoms with Crippen LogP contribution in [0.25, 0.3) is 0 Å². The summed E-state index contributed by atoms with van der Waals surface area (Å²) in [6.07, 6.45) is 2.05. The number of nitrogens with one attached hydrogen (secondary N) is 1. The second-order valence-electron chi connectivity index (χ2n) is 5.70. The zero-order valence-electron chi connectivity index (χ0n) is 11.6. The zero-order chi connectivity index (χ0) is 14.0. The maximum atomic E-state index is 11.1. The highest BCUT2D eigenvalue weighted by Crippen LogP contribution is 2.35. The molecule has 0 bridgehead atoms. The van der Waals surface area contributed by atoms with Crippen molar-refractivity contribution in [2.24, 2.45) is 5.41 Å². The average Bonchev–Trinajstić information content (AvgIpc) is 2.38. The van der Waals surface area contributed by atoms with Crippen LogP contribution in [0.2, 0.25) is 0 Å². The van der Waals surface area contributed by atoms with Gasteiger partial charge in [0.15, 0.2) is 0 Å². The SMILES string of the molecule is CNc1ccc([N+](=O)[O-])c(N2CCC(C)(C)CC2)n1. The highest BCUT2D eigenvalue weighted by atomic mass is 16.6. The predicted molar refractivity (Wildman–Crippen MR) is 75.7 cm³/mol. The number of nitrogens with zero attached hydrogens (tertiary/aromatic N) is 3. The number of anilines is 2. The van der Waals surface area contributed by atoms with Crippen LogP contribution in [0, 0.1) is 15.5 Å². The summed E-state index contributed by atoms with van der Waals surface area (Å²) in [5, 5.41) is 14.0. The average molecular weight is 264 g/mol. The van der Waals surface area contributed by atoms with Crippen molar-refractivity contribution in [2.75, 3.05) is 30.4 Å². The van der Waals surface area contributed by atoms with Crippen molar-refractivity contribution in [1.29, 1.82) is 0 Å². The van der Waals surface area contributed by atoms with Crippen LogP contribution >= 0.6 is 0 Å². The largest absolute Gasteiger partial charge is 0.373 e. The van der Waals surface area contributed by atoms with Crippen LogP contribution in [0.1, 0.15) is 26.7 Å². The molecule has 0 amide bonds. The molecule has 2 heterocycles. The second kappa shape index (κ2) is 5.03. The first-order valence-corrected chi connectivity index (χ1v) is 6.51.